The highest BCUT2D eigenvalue weighted by molar-refractivity contribution is 14.0. The number of sulfonamides is 1. The highest BCUT2D eigenvalue weighted by Crippen LogP contribution is 2.17. The molecule has 134 valence electrons. The summed E-state index contributed by atoms with van der Waals surface area (Å²) >= 11 is 1.79. The van der Waals surface area contributed by atoms with Gasteiger partial charge in [-0.1, -0.05) is 6.92 Å². The van der Waals surface area contributed by atoms with Gasteiger partial charge < -0.3 is 10.6 Å². The number of guanidine groups is 1. The second-order valence-corrected chi connectivity index (χ2v) is 7.95. The summed E-state index contributed by atoms with van der Waals surface area (Å²) in [7, 11) is -3.10. The van der Waals surface area contributed by atoms with E-state index in [0.29, 0.717) is 26.1 Å². The molecule has 3 N–H and O–H groups in total. The van der Waals surface area contributed by atoms with Gasteiger partial charge in [-0.15, -0.1) is 35.3 Å². The Labute approximate surface area is 160 Å². The van der Waals surface area contributed by atoms with Crippen LogP contribution in [0.25, 0.3) is 0 Å². The van der Waals surface area contributed by atoms with Crippen molar-refractivity contribution in [2.24, 2.45) is 4.99 Å². The van der Waals surface area contributed by atoms with Crippen LogP contribution in [0.5, 0.6) is 0 Å². The number of aryl methyl sites for hydroxylation is 1. The number of halogens is 1. The van der Waals surface area contributed by atoms with Crippen molar-refractivity contribution in [3.05, 3.63) is 21.9 Å². The van der Waals surface area contributed by atoms with Crippen LogP contribution >= 0.6 is 35.3 Å². The first kappa shape index (κ1) is 22.6. The zero-order valence-electron chi connectivity index (χ0n) is 13.9. The van der Waals surface area contributed by atoms with E-state index in [9.17, 15) is 8.42 Å². The van der Waals surface area contributed by atoms with Gasteiger partial charge in [0.15, 0.2) is 5.96 Å². The summed E-state index contributed by atoms with van der Waals surface area (Å²) < 4.78 is 24.4. The van der Waals surface area contributed by atoms with Gasteiger partial charge in [0.1, 0.15) is 0 Å². The van der Waals surface area contributed by atoms with Crippen molar-refractivity contribution in [1.82, 2.24) is 15.4 Å². The minimum atomic E-state index is -3.10. The molecule has 0 aromatic carbocycles. The molecule has 0 amide bonds. The molecule has 0 saturated carbocycles. The topological polar surface area (TPSA) is 82.6 Å². The third kappa shape index (κ3) is 10.9. The summed E-state index contributed by atoms with van der Waals surface area (Å²) in [5.74, 6) is 0.758. The average Bonchev–Trinajstić information content (AvgIpc) is 2.91. The van der Waals surface area contributed by atoms with Gasteiger partial charge in [0.25, 0.3) is 0 Å². The predicted molar refractivity (Wildman–Crippen MR) is 109 cm³/mol. The fourth-order valence-electron chi connectivity index (χ4n) is 1.75. The Hall–Kier alpha value is -0.390. The molecule has 0 aliphatic heterocycles. The predicted octanol–water partition coefficient (Wildman–Crippen LogP) is 1.92. The molecule has 0 unspecified atom stereocenters. The van der Waals surface area contributed by atoms with E-state index in [1.807, 2.05) is 6.92 Å². The summed E-state index contributed by atoms with van der Waals surface area (Å²) in [5, 5.41) is 6.39. The van der Waals surface area contributed by atoms with Gasteiger partial charge in [0.2, 0.25) is 10.0 Å². The van der Waals surface area contributed by atoms with Crippen LogP contribution in [0.1, 0.15) is 30.0 Å². The zero-order valence-corrected chi connectivity index (χ0v) is 17.8. The monoisotopic (exact) mass is 474 g/mol. The van der Waals surface area contributed by atoms with E-state index >= 15 is 0 Å². The first-order valence-corrected chi connectivity index (χ1v) is 10.2. The van der Waals surface area contributed by atoms with Gasteiger partial charge in [-0.2, -0.15) is 0 Å². The van der Waals surface area contributed by atoms with E-state index in [2.05, 4.69) is 39.4 Å². The maximum absolute atomic E-state index is 11.0. The molecule has 1 heterocycles. The molecule has 0 saturated heterocycles. The van der Waals surface area contributed by atoms with Gasteiger partial charge in [0.05, 0.1) is 12.8 Å². The molecule has 0 fully saturated rings. The number of rotatable bonds is 9. The van der Waals surface area contributed by atoms with Crippen LogP contribution in [0.4, 0.5) is 0 Å². The first-order valence-electron chi connectivity index (χ1n) is 7.49. The molecule has 1 aromatic rings. The second-order valence-electron chi connectivity index (χ2n) is 4.86. The Morgan fingerprint density at radius 2 is 1.87 bits per heavy atom. The summed E-state index contributed by atoms with van der Waals surface area (Å²) in [5.41, 5.74) is 0. The lowest BCUT2D eigenvalue weighted by Crippen LogP contribution is -2.38. The van der Waals surface area contributed by atoms with Gasteiger partial charge in [0, 0.05) is 29.4 Å². The van der Waals surface area contributed by atoms with E-state index in [1.54, 1.807) is 11.3 Å². The fourth-order valence-corrected chi connectivity index (χ4v) is 3.15. The normalized spacial score (nSPS) is 11.9. The molecule has 1 rings (SSSR count). The molecule has 6 nitrogen and oxygen atoms in total. The van der Waals surface area contributed by atoms with Gasteiger partial charge in [-0.05, 0) is 31.9 Å². The molecule has 1 aromatic heterocycles. The third-order valence-electron chi connectivity index (χ3n) is 2.81. The molecule has 0 aliphatic carbocycles. The van der Waals surface area contributed by atoms with Crippen molar-refractivity contribution in [1.29, 1.82) is 0 Å². The van der Waals surface area contributed by atoms with Crippen LogP contribution in [0.2, 0.25) is 0 Å². The molecule has 0 spiro atoms. The van der Waals surface area contributed by atoms with Gasteiger partial charge >= 0.3 is 0 Å². The molecule has 0 bridgehead atoms. The average molecular weight is 474 g/mol. The highest BCUT2D eigenvalue weighted by Gasteiger charge is 2.01. The molecule has 0 aliphatic rings. The van der Waals surface area contributed by atoms with Crippen molar-refractivity contribution >= 4 is 51.3 Å². The van der Waals surface area contributed by atoms with E-state index in [-0.39, 0.29) is 24.0 Å². The maximum atomic E-state index is 11.0. The van der Waals surface area contributed by atoms with Gasteiger partial charge in [-0.25, -0.2) is 18.1 Å². The molecule has 23 heavy (non-hydrogen) atoms. The van der Waals surface area contributed by atoms with Crippen LogP contribution in [0, 0.1) is 0 Å². The molecular weight excluding hydrogens is 447 g/mol. The number of thiophene rings is 1. The first-order chi connectivity index (χ1) is 10.4. The summed E-state index contributed by atoms with van der Waals surface area (Å²) in [6.07, 6.45) is 2.92. The van der Waals surface area contributed by atoms with Crippen molar-refractivity contribution in [3.63, 3.8) is 0 Å². The molecular formula is C14H27IN4O2S2. The Balaban J connectivity index is 0.00000484. The number of hydrogen-bond donors (Lipinski definition) is 3. The standard InChI is InChI=1S/C14H26N4O2S2.HI/c1-4-12-7-8-13(21-12)11-17-14(15-5-2)16-9-6-10-18-22(3,19)20;/h7-8,18H,4-6,9-11H2,1-3H3,(H2,15,16,17);1H. The van der Waals surface area contributed by atoms with E-state index < -0.39 is 10.0 Å². The van der Waals surface area contributed by atoms with Crippen LogP contribution in [-0.2, 0) is 23.0 Å². The number of aliphatic imine (C=N–C) groups is 1. The lowest BCUT2D eigenvalue weighted by Gasteiger charge is -2.11. The number of nitrogens with zero attached hydrogens (tertiary/aromatic N) is 1. The molecule has 9 heteroatoms. The smallest absolute Gasteiger partial charge is 0.208 e. The van der Waals surface area contributed by atoms with Crippen molar-refractivity contribution in [3.8, 4) is 0 Å². The van der Waals surface area contributed by atoms with Crippen LogP contribution in [-0.4, -0.2) is 40.3 Å². The van der Waals surface area contributed by atoms with Crippen LogP contribution < -0.4 is 15.4 Å². The second kappa shape index (κ2) is 12.0. The zero-order chi connectivity index (χ0) is 16.4. The highest BCUT2D eigenvalue weighted by atomic mass is 127. The number of hydrogen-bond acceptors (Lipinski definition) is 4. The summed E-state index contributed by atoms with van der Waals surface area (Å²) in [6, 6.07) is 4.26. The summed E-state index contributed by atoms with van der Waals surface area (Å²) in [4.78, 5) is 7.16. The SMILES string of the molecule is CCNC(=NCc1ccc(CC)s1)NCCCNS(C)(=O)=O.I. The van der Waals surface area contributed by atoms with Crippen molar-refractivity contribution in [2.45, 2.75) is 33.2 Å². The lowest BCUT2D eigenvalue weighted by atomic mass is 10.4. The van der Waals surface area contributed by atoms with Crippen LogP contribution in [0.15, 0.2) is 17.1 Å². The minimum absolute atomic E-state index is 0. The summed E-state index contributed by atoms with van der Waals surface area (Å²) in [6.45, 7) is 6.70. The minimum Gasteiger partial charge on any atom is -0.357 e. The third-order valence-corrected chi connectivity index (χ3v) is 4.76. The van der Waals surface area contributed by atoms with Crippen molar-refractivity contribution in [2.75, 3.05) is 25.9 Å². The molecule has 0 atom stereocenters. The Bertz CT molecular complexity index is 573. The largest absolute Gasteiger partial charge is 0.357 e. The van der Waals surface area contributed by atoms with E-state index in [1.165, 1.54) is 9.75 Å². The van der Waals surface area contributed by atoms with Crippen molar-refractivity contribution < 1.29 is 8.42 Å². The van der Waals surface area contributed by atoms with Gasteiger partial charge in [-0.3, -0.25) is 0 Å². The Kier molecular flexibility index (Phi) is 11.8. The quantitative estimate of drug-likeness (QED) is 0.221. The molecule has 0 radical (unpaired) electrons. The fraction of sp³-hybridized carbons (Fsp3) is 0.643. The lowest BCUT2D eigenvalue weighted by molar-refractivity contribution is 0.584. The Morgan fingerprint density at radius 3 is 2.43 bits per heavy atom. The Morgan fingerprint density at radius 1 is 1.17 bits per heavy atom. The maximum Gasteiger partial charge on any atom is 0.208 e. The van der Waals surface area contributed by atoms with Crippen LogP contribution in [0.3, 0.4) is 0 Å². The van der Waals surface area contributed by atoms with E-state index in [4.69, 9.17) is 0 Å². The number of nitrogens with one attached hydrogen (secondary N) is 3. The van der Waals surface area contributed by atoms with E-state index in [0.717, 1.165) is 25.2 Å².